The van der Waals surface area contributed by atoms with Gasteiger partial charge in [-0.25, -0.2) is 13.2 Å². The van der Waals surface area contributed by atoms with Crippen LogP contribution < -0.4 is 0 Å². The third-order valence-electron chi connectivity index (χ3n) is 4.56. The number of likely N-dealkylation sites (N-methyl/N-ethyl adjacent to an activating group) is 1. The van der Waals surface area contributed by atoms with Crippen molar-refractivity contribution >= 4 is 44.3 Å². The molecular formula is C17H18ClNO6S. The van der Waals surface area contributed by atoms with Gasteiger partial charge in [-0.1, -0.05) is 11.6 Å². The van der Waals surface area contributed by atoms with Gasteiger partial charge in [0.25, 0.3) is 5.91 Å². The Balaban J connectivity index is 1.65. The molecule has 0 radical (unpaired) electrons. The van der Waals surface area contributed by atoms with Crippen molar-refractivity contribution in [3.8, 4) is 0 Å². The fourth-order valence-electron chi connectivity index (χ4n) is 2.97. The molecular weight excluding hydrogens is 382 g/mol. The van der Waals surface area contributed by atoms with E-state index in [1.54, 1.807) is 25.1 Å². The van der Waals surface area contributed by atoms with Crippen molar-refractivity contribution in [2.24, 2.45) is 0 Å². The Morgan fingerprint density at radius 3 is 2.77 bits per heavy atom. The van der Waals surface area contributed by atoms with Crippen LogP contribution in [0.4, 0.5) is 0 Å². The Labute approximate surface area is 155 Å². The molecule has 0 unspecified atom stereocenters. The molecule has 1 aliphatic rings. The Morgan fingerprint density at radius 1 is 1.38 bits per heavy atom. The summed E-state index contributed by atoms with van der Waals surface area (Å²) in [5.74, 6) is -1.20. The lowest BCUT2D eigenvalue weighted by Gasteiger charge is -2.23. The molecule has 26 heavy (non-hydrogen) atoms. The topological polar surface area (TPSA) is 93.9 Å². The van der Waals surface area contributed by atoms with Gasteiger partial charge >= 0.3 is 5.97 Å². The van der Waals surface area contributed by atoms with E-state index >= 15 is 0 Å². The van der Waals surface area contributed by atoms with Gasteiger partial charge in [0.2, 0.25) is 5.76 Å². The predicted molar refractivity (Wildman–Crippen MR) is 96.1 cm³/mol. The lowest BCUT2D eigenvalue weighted by molar-refractivity contribution is -0.134. The van der Waals surface area contributed by atoms with Crippen molar-refractivity contribution in [1.82, 2.24) is 4.90 Å². The van der Waals surface area contributed by atoms with Gasteiger partial charge in [0.15, 0.2) is 16.4 Å². The Morgan fingerprint density at radius 2 is 2.12 bits per heavy atom. The van der Waals surface area contributed by atoms with Crippen molar-refractivity contribution in [2.75, 3.05) is 25.2 Å². The van der Waals surface area contributed by atoms with E-state index in [1.807, 2.05) is 0 Å². The number of amides is 1. The summed E-state index contributed by atoms with van der Waals surface area (Å²) in [5.41, 5.74) is 1.08. The average molecular weight is 400 g/mol. The number of carbonyl (C=O) groups excluding carboxylic acids is 2. The molecule has 0 saturated carbocycles. The summed E-state index contributed by atoms with van der Waals surface area (Å²) < 4.78 is 33.6. The molecule has 0 spiro atoms. The fraction of sp³-hybridized carbons (Fsp3) is 0.412. The molecule has 0 aliphatic carbocycles. The molecule has 7 nitrogen and oxygen atoms in total. The normalized spacial score (nSPS) is 18.8. The first-order valence-corrected chi connectivity index (χ1v) is 10.2. The number of rotatable bonds is 4. The van der Waals surface area contributed by atoms with Gasteiger partial charge in [-0.05, 0) is 31.5 Å². The van der Waals surface area contributed by atoms with Crippen molar-refractivity contribution < 1.29 is 27.2 Å². The number of sulfone groups is 1. The first-order valence-electron chi connectivity index (χ1n) is 8.00. The van der Waals surface area contributed by atoms with Crippen molar-refractivity contribution in [2.45, 2.75) is 19.4 Å². The first-order chi connectivity index (χ1) is 12.2. The monoisotopic (exact) mass is 399 g/mol. The van der Waals surface area contributed by atoms with Gasteiger partial charge in [0.05, 0.1) is 11.5 Å². The van der Waals surface area contributed by atoms with Gasteiger partial charge in [-0.3, -0.25) is 4.79 Å². The summed E-state index contributed by atoms with van der Waals surface area (Å²) in [4.78, 5) is 25.8. The van der Waals surface area contributed by atoms with Gasteiger partial charge < -0.3 is 14.1 Å². The van der Waals surface area contributed by atoms with E-state index in [1.165, 1.54) is 11.9 Å². The summed E-state index contributed by atoms with van der Waals surface area (Å²) in [6, 6.07) is 4.60. The molecule has 1 aromatic heterocycles. The maximum atomic E-state index is 12.3. The number of fused-ring (bicyclic) bond motifs is 1. The summed E-state index contributed by atoms with van der Waals surface area (Å²) in [6.45, 7) is 1.22. The molecule has 1 amide bonds. The summed E-state index contributed by atoms with van der Waals surface area (Å²) in [5, 5.41) is 1.22. The van der Waals surface area contributed by atoms with Gasteiger partial charge in [0.1, 0.15) is 5.58 Å². The van der Waals surface area contributed by atoms with E-state index in [2.05, 4.69) is 0 Å². The van der Waals surface area contributed by atoms with Crippen LogP contribution in [0.25, 0.3) is 11.0 Å². The van der Waals surface area contributed by atoms with Crippen LogP contribution in [0.2, 0.25) is 5.02 Å². The first kappa shape index (κ1) is 18.7. The fourth-order valence-corrected chi connectivity index (χ4v) is 4.91. The van der Waals surface area contributed by atoms with Crippen LogP contribution in [0.1, 0.15) is 22.5 Å². The molecule has 0 bridgehead atoms. The van der Waals surface area contributed by atoms with Crippen LogP contribution in [0.3, 0.4) is 0 Å². The van der Waals surface area contributed by atoms with Crippen molar-refractivity contribution in [3.05, 3.63) is 34.5 Å². The minimum Gasteiger partial charge on any atom is -0.450 e. The molecule has 1 saturated heterocycles. The molecule has 1 fully saturated rings. The number of ether oxygens (including phenoxy) is 1. The molecule has 140 valence electrons. The number of benzene rings is 1. The molecule has 1 aromatic carbocycles. The number of hydrogen-bond acceptors (Lipinski definition) is 6. The summed E-state index contributed by atoms with van der Waals surface area (Å²) in [6.07, 6.45) is 0.391. The van der Waals surface area contributed by atoms with E-state index in [-0.39, 0.29) is 23.3 Å². The van der Waals surface area contributed by atoms with Crippen LogP contribution in [0.15, 0.2) is 22.6 Å². The quantitative estimate of drug-likeness (QED) is 0.731. The zero-order valence-electron chi connectivity index (χ0n) is 14.3. The highest BCUT2D eigenvalue weighted by Crippen LogP contribution is 2.28. The molecule has 1 atom stereocenters. The second-order valence-electron chi connectivity index (χ2n) is 6.33. The van der Waals surface area contributed by atoms with Gasteiger partial charge in [-0.2, -0.15) is 0 Å². The number of nitrogens with zero attached hydrogens (tertiary/aromatic N) is 1. The predicted octanol–water partition coefficient (Wildman–Crippen LogP) is 2.20. The van der Waals surface area contributed by atoms with E-state index < -0.39 is 28.3 Å². The van der Waals surface area contributed by atoms with E-state index in [4.69, 9.17) is 20.8 Å². The number of esters is 1. The largest absolute Gasteiger partial charge is 0.450 e. The van der Waals surface area contributed by atoms with Crippen LogP contribution in [0, 0.1) is 6.92 Å². The molecule has 9 heteroatoms. The van der Waals surface area contributed by atoms with E-state index in [0.717, 1.165) is 0 Å². The second kappa shape index (κ2) is 6.92. The maximum absolute atomic E-state index is 12.3. The highest BCUT2D eigenvalue weighted by atomic mass is 35.5. The average Bonchev–Trinajstić information content (AvgIpc) is 3.11. The maximum Gasteiger partial charge on any atom is 0.375 e. The van der Waals surface area contributed by atoms with Crippen LogP contribution in [-0.2, 0) is 19.4 Å². The number of furan rings is 1. The Kier molecular flexibility index (Phi) is 4.98. The number of aryl methyl sites for hydroxylation is 1. The van der Waals surface area contributed by atoms with E-state index in [9.17, 15) is 18.0 Å². The van der Waals surface area contributed by atoms with Gasteiger partial charge in [0, 0.05) is 29.1 Å². The summed E-state index contributed by atoms with van der Waals surface area (Å²) >= 11 is 5.95. The highest BCUT2D eigenvalue weighted by Gasteiger charge is 2.33. The molecule has 2 heterocycles. The van der Waals surface area contributed by atoms with Gasteiger partial charge in [-0.15, -0.1) is 0 Å². The number of halogens is 1. The van der Waals surface area contributed by atoms with Crippen LogP contribution in [-0.4, -0.2) is 56.4 Å². The summed E-state index contributed by atoms with van der Waals surface area (Å²) in [7, 11) is -1.59. The zero-order valence-corrected chi connectivity index (χ0v) is 15.9. The minimum absolute atomic E-state index is 0.0150. The SMILES string of the molecule is Cc1c(C(=O)OCC(=O)N(C)[C@@H]2CCS(=O)(=O)C2)oc2ccc(Cl)cc12. The highest BCUT2D eigenvalue weighted by molar-refractivity contribution is 7.91. The Hall–Kier alpha value is -2.06. The second-order valence-corrected chi connectivity index (χ2v) is 9.00. The molecule has 0 N–H and O–H groups in total. The molecule has 2 aromatic rings. The third-order valence-corrected chi connectivity index (χ3v) is 6.55. The number of carbonyl (C=O) groups is 2. The number of hydrogen-bond donors (Lipinski definition) is 0. The smallest absolute Gasteiger partial charge is 0.375 e. The van der Waals surface area contributed by atoms with Crippen molar-refractivity contribution in [3.63, 3.8) is 0 Å². The van der Waals surface area contributed by atoms with Crippen LogP contribution in [0.5, 0.6) is 0 Å². The van der Waals surface area contributed by atoms with E-state index in [0.29, 0.717) is 28.0 Å². The van der Waals surface area contributed by atoms with Crippen molar-refractivity contribution in [1.29, 1.82) is 0 Å². The lowest BCUT2D eigenvalue weighted by atomic mass is 10.1. The molecule has 1 aliphatic heterocycles. The molecule has 3 rings (SSSR count). The lowest BCUT2D eigenvalue weighted by Crippen LogP contribution is -2.40. The zero-order chi connectivity index (χ0) is 19.1. The third kappa shape index (κ3) is 3.71. The Bertz CT molecular complexity index is 981. The standard InChI is InChI=1S/C17H18ClNO6S/c1-10-13-7-11(18)3-4-14(13)25-16(10)17(21)24-8-15(20)19(2)12-5-6-26(22,23)9-12/h3-4,7,12H,5-6,8-9H2,1-2H3/t12-/m1/s1. The minimum atomic E-state index is -3.10. The van der Waals surface area contributed by atoms with Crippen LogP contribution >= 0.6 is 11.6 Å².